The number of carbonyl (C=O) groups is 1. The minimum Gasteiger partial charge on any atom is -0.294 e. The second kappa shape index (κ2) is 5.87. The van der Waals surface area contributed by atoms with E-state index in [4.69, 9.17) is 0 Å². The summed E-state index contributed by atoms with van der Waals surface area (Å²) >= 11 is 1.94. The molecule has 2 rings (SSSR count). The lowest BCUT2D eigenvalue weighted by molar-refractivity contribution is 0.0954. The van der Waals surface area contributed by atoms with Gasteiger partial charge in [0.25, 0.3) is 0 Å². The van der Waals surface area contributed by atoms with Crippen LogP contribution in [0, 0.1) is 25.6 Å². The number of ketones is 1. The first-order valence-corrected chi connectivity index (χ1v) is 7.61. The van der Waals surface area contributed by atoms with E-state index in [-0.39, 0.29) is 11.6 Å². The fourth-order valence-electron chi connectivity index (χ4n) is 2.58. The first kappa shape index (κ1) is 13.6. The molecular weight excluding hydrogens is 247 g/mol. The molecule has 3 heteroatoms. The standard InChI is InChI=1S/C15H19FOS/c1-10-7-11(2)15(13(16)8-10)14(17)9-12-3-5-18-6-4-12/h7-8,12H,3-6,9H2,1-2H3. The Bertz CT molecular complexity index is 427. The van der Waals surface area contributed by atoms with E-state index in [2.05, 4.69) is 0 Å². The zero-order valence-corrected chi connectivity index (χ0v) is 11.8. The molecule has 1 aromatic rings. The summed E-state index contributed by atoms with van der Waals surface area (Å²) in [5.74, 6) is 2.32. The van der Waals surface area contributed by atoms with Gasteiger partial charge >= 0.3 is 0 Å². The topological polar surface area (TPSA) is 17.1 Å². The molecule has 0 saturated carbocycles. The van der Waals surface area contributed by atoms with Gasteiger partial charge in [-0.25, -0.2) is 4.39 Å². The largest absolute Gasteiger partial charge is 0.294 e. The number of hydrogen-bond acceptors (Lipinski definition) is 2. The molecule has 0 spiro atoms. The van der Waals surface area contributed by atoms with Crippen LogP contribution < -0.4 is 0 Å². The zero-order chi connectivity index (χ0) is 13.1. The molecule has 0 atom stereocenters. The molecule has 0 unspecified atom stereocenters. The number of hydrogen-bond donors (Lipinski definition) is 0. The minimum atomic E-state index is -0.359. The summed E-state index contributed by atoms with van der Waals surface area (Å²) in [6.07, 6.45) is 2.67. The van der Waals surface area contributed by atoms with E-state index in [1.165, 1.54) is 6.07 Å². The van der Waals surface area contributed by atoms with E-state index < -0.39 is 0 Å². The van der Waals surface area contributed by atoms with Crippen molar-refractivity contribution < 1.29 is 9.18 Å². The summed E-state index contributed by atoms with van der Waals surface area (Å²) in [5, 5.41) is 0. The Labute approximate surface area is 112 Å². The second-order valence-electron chi connectivity index (χ2n) is 5.12. The molecule has 0 radical (unpaired) electrons. The highest BCUT2D eigenvalue weighted by atomic mass is 32.2. The first-order chi connectivity index (χ1) is 8.58. The maximum Gasteiger partial charge on any atom is 0.166 e. The quantitative estimate of drug-likeness (QED) is 0.764. The third-order valence-electron chi connectivity index (χ3n) is 3.53. The molecule has 1 saturated heterocycles. The molecule has 18 heavy (non-hydrogen) atoms. The van der Waals surface area contributed by atoms with Crippen molar-refractivity contribution in [3.8, 4) is 0 Å². The van der Waals surface area contributed by atoms with Gasteiger partial charge in [0, 0.05) is 6.42 Å². The van der Waals surface area contributed by atoms with Crippen LogP contribution >= 0.6 is 11.8 Å². The molecule has 1 aliphatic heterocycles. The van der Waals surface area contributed by atoms with E-state index in [0.29, 0.717) is 17.9 Å². The average molecular weight is 266 g/mol. The van der Waals surface area contributed by atoms with Gasteiger partial charge in [-0.2, -0.15) is 11.8 Å². The number of rotatable bonds is 3. The predicted molar refractivity (Wildman–Crippen MR) is 74.9 cm³/mol. The van der Waals surface area contributed by atoms with Crippen LogP contribution in [0.2, 0.25) is 0 Å². The van der Waals surface area contributed by atoms with Crippen LogP contribution in [0.15, 0.2) is 12.1 Å². The Morgan fingerprint density at radius 2 is 2.00 bits per heavy atom. The van der Waals surface area contributed by atoms with E-state index in [1.54, 1.807) is 0 Å². The lowest BCUT2D eigenvalue weighted by Crippen LogP contribution is -2.16. The van der Waals surface area contributed by atoms with Crippen LogP contribution in [-0.2, 0) is 0 Å². The summed E-state index contributed by atoms with van der Waals surface area (Å²) in [5.41, 5.74) is 1.94. The monoisotopic (exact) mass is 266 g/mol. The summed E-state index contributed by atoms with van der Waals surface area (Å²) in [6.45, 7) is 3.67. The molecule has 98 valence electrons. The van der Waals surface area contributed by atoms with Gasteiger partial charge in [-0.15, -0.1) is 0 Å². The molecule has 1 nitrogen and oxygen atoms in total. The van der Waals surface area contributed by atoms with Gasteiger partial charge in [-0.05, 0) is 61.3 Å². The minimum absolute atomic E-state index is 0.0260. The molecule has 1 aromatic carbocycles. The Hall–Kier alpha value is -0.830. The number of halogens is 1. The SMILES string of the molecule is Cc1cc(C)c(C(=O)CC2CCSCC2)c(F)c1. The lowest BCUT2D eigenvalue weighted by atomic mass is 9.91. The van der Waals surface area contributed by atoms with Crippen molar-refractivity contribution in [2.45, 2.75) is 33.1 Å². The van der Waals surface area contributed by atoms with Crippen molar-refractivity contribution in [1.29, 1.82) is 0 Å². The van der Waals surface area contributed by atoms with Crippen LogP contribution in [0.25, 0.3) is 0 Å². The number of Topliss-reactive ketones (excluding diaryl/α,β-unsaturated/α-hetero) is 1. The van der Waals surface area contributed by atoms with Gasteiger partial charge in [0.15, 0.2) is 5.78 Å². The highest BCUT2D eigenvalue weighted by Gasteiger charge is 2.21. The summed E-state index contributed by atoms with van der Waals surface area (Å²) in [6, 6.07) is 3.34. The van der Waals surface area contributed by atoms with Crippen molar-refractivity contribution in [1.82, 2.24) is 0 Å². The lowest BCUT2D eigenvalue weighted by Gasteiger charge is -2.21. The van der Waals surface area contributed by atoms with Crippen LogP contribution in [0.5, 0.6) is 0 Å². The van der Waals surface area contributed by atoms with Gasteiger partial charge < -0.3 is 0 Å². The van der Waals surface area contributed by atoms with Crippen molar-refractivity contribution in [2.24, 2.45) is 5.92 Å². The van der Waals surface area contributed by atoms with Crippen LogP contribution in [0.1, 0.15) is 40.7 Å². The maximum absolute atomic E-state index is 13.9. The van der Waals surface area contributed by atoms with Crippen LogP contribution in [0.4, 0.5) is 4.39 Å². The van der Waals surface area contributed by atoms with Crippen LogP contribution in [-0.4, -0.2) is 17.3 Å². The summed E-state index contributed by atoms with van der Waals surface area (Å²) in [7, 11) is 0. The van der Waals surface area contributed by atoms with Crippen molar-refractivity contribution in [3.63, 3.8) is 0 Å². The molecule has 1 fully saturated rings. The predicted octanol–water partition coefficient (Wildman–Crippen LogP) is 4.16. The average Bonchev–Trinajstić information content (AvgIpc) is 2.28. The molecule has 1 heterocycles. The Balaban J connectivity index is 2.13. The van der Waals surface area contributed by atoms with E-state index in [0.717, 1.165) is 35.5 Å². The van der Waals surface area contributed by atoms with Gasteiger partial charge in [-0.1, -0.05) is 6.07 Å². The molecule has 0 aromatic heterocycles. The highest BCUT2D eigenvalue weighted by Crippen LogP contribution is 2.28. The number of aryl methyl sites for hydroxylation is 2. The fraction of sp³-hybridized carbons (Fsp3) is 0.533. The highest BCUT2D eigenvalue weighted by molar-refractivity contribution is 7.99. The molecule has 0 N–H and O–H groups in total. The smallest absolute Gasteiger partial charge is 0.166 e. The maximum atomic E-state index is 13.9. The summed E-state index contributed by atoms with van der Waals surface area (Å²) < 4.78 is 13.9. The molecule has 0 bridgehead atoms. The van der Waals surface area contributed by atoms with Crippen LogP contribution in [0.3, 0.4) is 0 Å². The third-order valence-corrected chi connectivity index (χ3v) is 4.57. The van der Waals surface area contributed by atoms with E-state index in [1.807, 2.05) is 31.7 Å². The van der Waals surface area contributed by atoms with E-state index in [9.17, 15) is 9.18 Å². The Kier molecular flexibility index (Phi) is 4.44. The van der Waals surface area contributed by atoms with Gasteiger partial charge in [0.2, 0.25) is 0 Å². The zero-order valence-electron chi connectivity index (χ0n) is 11.0. The van der Waals surface area contributed by atoms with Gasteiger partial charge in [0.1, 0.15) is 5.82 Å². The Morgan fingerprint density at radius 3 is 2.61 bits per heavy atom. The van der Waals surface area contributed by atoms with Gasteiger partial charge in [0.05, 0.1) is 5.56 Å². The summed E-state index contributed by atoms with van der Waals surface area (Å²) in [4.78, 5) is 12.2. The Morgan fingerprint density at radius 1 is 1.33 bits per heavy atom. The number of thioether (sulfide) groups is 1. The normalized spacial score (nSPS) is 16.8. The van der Waals surface area contributed by atoms with Crippen molar-refractivity contribution >= 4 is 17.5 Å². The third kappa shape index (κ3) is 3.14. The second-order valence-corrected chi connectivity index (χ2v) is 6.35. The first-order valence-electron chi connectivity index (χ1n) is 6.45. The van der Waals surface area contributed by atoms with E-state index >= 15 is 0 Å². The number of carbonyl (C=O) groups excluding carboxylic acids is 1. The van der Waals surface area contributed by atoms with Gasteiger partial charge in [-0.3, -0.25) is 4.79 Å². The molecule has 1 aliphatic rings. The molecule has 0 amide bonds. The molecule has 0 aliphatic carbocycles. The fourth-order valence-corrected chi connectivity index (χ4v) is 3.79. The van der Waals surface area contributed by atoms with Crippen molar-refractivity contribution in [3.05, 3.63) is 34.6 Å². The molecular formula is C15H19FOS. The van der Waals surface area contributed by atoms with Crippen molar-refractivity contribution in [2.75, 3.05) is 11.5 Å². The number of benzene rings is 1.